The van der Waals surface area contributed by atoms with Crippen LogP contribution in [0.25, 0.3) is 0 Å². The van der Waals surface area contributed by atoms with Crippen LogP contribution in [0.1, 0.15) is 25.0 Å². The zero-order valence-electron chi connectivity index (χ0n) is 11.2. The summed E-state index contributed by atoms with van der Waals surface area (Å²) in [4.78, 5) is 28.8. The van der Waals surface area contributed by atoms with Gasteiger partial charge in [-0.3, -0.25) is 14.4 Å². The van der Waals surface area contributed by atoms with Gasteiger partial charge in [-0.2, -0.15) is 0 Å². The Kier molecular flexibility index (Phi) is 3.03. The number of amides is 1. The van der Waals surface area contributed by atoms with E-state index in [9.17, 15) is 9.59 Å². The summed E-state index contributed by atoms with van der Waals surface area (Å²) in [5.41, 5.74) is 0.413. The van der Waals surface area contributed by atoms with Crippen molar-refractivity contribution in [1.29, 1.82) is 0 Å². The smallest absolute Gasteiger partial charge is 0.250 e. The SMILES string of the molecule is CC(ON1C(=O)CC12C=CC(=O)C=C2)c1ccccc1. The van der Waals surface area contributed by atoms with E-state index < -0.39 is 5.54 Å². The number of ketones is 1. The standard InChI is InChI=1S/C16H15NO3/c1-12(13-5-3-2-4-6-13)20-17-15(19)11-16(17)9-7-14(18)8-10-16/h2-10,12H,11H2,1H3. The predicted octanol–water partition coefficient (Wildman–Crippen LogP) is 2.35. The molecule has 102 valence electrons. The fourth-order valence-corrected chi connectivity index (χ4v) is 2.44. The summed E-state index contributed by atoms with van der Waals surface area (Å²) in [6, 6.07) is 9.71. The maximum absolute atomic E-state index is 11.8. The molecule has 1 spiro atoms. The molecule has 1 saturated heterocycles. The van der Waals surface area contributed by atoms with Gasteiger partial charge >= 0.3 is 0 Å². The second kappa shape index (κ2) is 4.72. The Morgan fingerprint density at radius 3 is 2.40 bits per heavy atom. The van der Waals surface area contributed by atoms with Gasteiger partial charge < -0.3 is 0 Å². The Morgan fingerprint density at radius 2 is 1.80 bits per heavy atom. The highest BCUT2D eigenvalue weighted by atomic mass is 16.7. The zero-order valence-corrected chi connectivity index (χ0v) is 11.2. The molecule has 3 rings (SSSR count). The Hall–Kier alpha value is -2.20. The Labute approximate surface area is 117 Å². The van der Waals surface area contributed by atoms with E-state index in [-0.39, 0.29) is 17.8 Å². The molecular formula is C16H15NO3. The van der Waals surface area contributed by atoms with E-state index in [4.69, 9.17) is 4.84 Å². The minimum atomic E-state index is -0.589. The summed E-state index contributed by atoms with van der Waals surface area (Å²) in [5, 5.41) is 1.37. The lowest BCUT2D eigenvalue weighted by atomic mass is 9.83. The molecule has 20 heavy (non-hydrogen) atoms. The average Bonchev–Trinajstić information content (AvgIpc) is 2.48. The van der Waals surface area contributed by atoms with Gasteiger partial charge in [0.05, 0.1) is 6.42 Å². The van der Waals surface area contributed by atoms with Gasteiger partial charge in [0, 0.05) is 0 Å². The van der Waals surface area contributed by atoms with Crippen LogP contribution in [0.2, 0.25) is 0 Å². The van der Waals surface area contributed by atoms with Crippen molar-refractivity contribution < 1.29 is 14.4 Å². The van der Waals surface area contributed by atoms with E-state index in [0.29, 0.717) is 6.42 Å². The number of hydrogen-bond acceptors (Lipinski definition) is 3. The van der Waals surface area contributed by atoms with Gasteiger partial charge in [-0.1, -0.05) is 30.3 Å². The first-order valence-electron chi connectivity index (χ1n) is 6.58. The summed E-state index contributed by atoms with van der Waals surface area (Å²) in [5.74, 6) is -0.137. The largest absolute Gasteiger partial charge is 0.290 e. The van der Waals surface area contributed by atoms with E-state index in [1.807, 2.05) is 37.3 Å². The van der Waals surface area contributed by atoms with Gasteiger partial charge in [-0.25, -0.2) is 5.06 Å². The fourth-order valence-electron chi connectivity index (χ4n) is 2.44. The van der Waals surface area contributed by atoms with Crippen molar-refractivity contribution in [3.63, 3.8) is 0 Å². The lowest BCUT2D eigenvalue weighted by Crippen LogP contribution is -2.61. The molecule has 1 heterocycles. The normalized spacial score (nSPS) is 21.1. The summed E-state index contributed by atoms with van der Waals surface area (Å²) < 4.78 is 0. The number of nitrogens with zero attached hydrogens (tertiary/aromatic N) is 1. The van der Waals surface area contributed by atoms with Crippen LogP contribution < -0.4 is 0 Å². The van der Waals surface area contributed by atoms with E-state index in [1.165, 1.54) is 17.2 Å². The van der Waals surface area contributed by atoms with Crippen LogP contribution in [-0.4, -0.2) is 22.3 Å². The van der Waals surface area contributed by atoms with Crippen molar-refractivity contribution in [2.45, 2.75) is 25.0 Å². The first-order chi connectivity index (χ1) is 9.61. The third-order valence-corrected chi connectivity index (χ3v) is 3.64. The number of hydrogen-bond donors (Lipinski definition) is 0. The molecule has 1 aromatic rings. The highest BCUT2D eigenvalue weighted by Gasteiger charge is 2.50. The number of carbonyl (C=O) groups is 2. The van der Waals surface area contributed by atoms with Crippen LogP contribution in [0.4, 0.5) is 0 Å². The van der Waals surface area contributed by atoms with E-state index in [2.05, 4.69) is 0 Å². The summed E-state index contributed by atoms with van der Waals surface area (Å²) in [7, 11) is 0. The molecule has 0 aromatic heterocycles. The van der Waals surface area contributed by atoms with Crippen molar-refractivity contribution in [2.75, 3.05) is 0 Å². The Balaban J connectivity index is 1.77. The molecule has 1 atom stereocenters. The molecule has 1 unspecified atom stereocenters. The van der Waals surface area contributed by atoms with Crippen LogP contribution in [-0.2, 0) is 14.4 Å². The lowest BCUT2D eigenvalue weighted by Gasteiger charge is -2.48. The first kappa shape index (κ1) is 12.8. The number of allylic oxidation sites excluding steroid dienone is 2. The number of β-lactam (4-membered cyclic amide) rings is 1. The minimum absolute atomic E-state index is 0.0639. The predicted molar refractivity (Wildman–Crippen MR) is 73.4 cm³/mol. The molecule has 1 aromatic carbocycles. The molecule has 0 radical (unpaired) electrons. The number of hydroxylamine groups is 2. The highest BCUT2D eigenvalue weighted by molar-refractivity contribution is 6.02. The third-order valence-electron chi connectivity index (χ3n) is 3.64. The van der Waals surface area contributed by atoms with Gasteiger partial charge in [-0.15, -0.1) is 0 Å². The molecular weight excluding hydrogens is 254 g/mol. The summed E-state index contributed by atoms with van der Waals surface area (Å²) in [6.07, 6.45) is 6.54. The van der Waals surface area contributed by atoms with Gasteiger partial charge in [0.15, 0.2) is 5.78 Å². The Morgan fingerprint density at radius 1 is 1.15 bits per heavy atom. The molecule has 1 amide bonds. The maximum Gasteiger partial charge on any atom is 0.250 e. The van der Waals surface area contributed by atoms with Crippen molar-refractivity contribution in [1.82, 2.24) is 5.06 Å². The van der Waals surface area contributed by atoms with Gasteiger partial charge in [0.1, 0.15) is 11.6 Å². The van der Waals surface area contributed by atoms with Crippen LogP contribution in [0.5, 0.6) is 0 Å². The van der Waals surface area contributed by atoms with E-state index >= 15 is 0 Å². The topological polar surface area (TPSA) is 46.6 Å². The minimum Gasteiger partial charge on any atom is -0.290 e. The number of carbonyl (C=O) groups excluding carboxylic acids is 2. The second-order valence-electron chi connectivity index (χ2n) is 5.08. The highest BCUT2D eigenvalue weighted by Crippen LogP contribution is 2.38. The molecule has 0 bridgehead atoms. The van der Waals surface area contributed by atoms with Crippen molar-refractivity contribution in [2.24, 2.45) is 0 Å². The quantitative estimate of drug-likeness (QED) is 0.791. The molecule has 2 aliphatic rings. The number of rotatable bonds is 3. The second-order valence-corrected chi connectivity index (χ2v) is 5.08. The maximum atomic E-state index is 11.8. The lowest BCUT2D eigenvalue weighted by molar-refractivity contribution is -0.255. The molecule has 0 N–H and O–H groups in total. The fraction of sp³-hybridized carbons (Fsp3) is 0.250. The van der Waals surface area contributed by atoms with Crippen LogP contribution in [0.3, 0.4) is 0 Å². The third kappa shape index (κ3) is 2.08. The Bertz CT molecular complexity index is 587. The molecule has 4 heteroatoms. The number of benzene rings is 1. The molecule has 0 saturated carbocycles. The first-order valence-corrected chi connectivity index (χ1v) is 6.58. The molecule has 1 aliphatic carbocycles. The van der Waals surface area contributed by atoms with Crippen molar-refractivity contribution >= 4 is 11.7 Å². The van der Waals surface area contributed by atoms with E-state index in [0.717, 1.165) is 5.56 Å². The van der Waals surface area contributed by atoms with Crippen molar-refractivity contribution in [3.05, 3.63) is 60.2 Å². The monoisotopic (exact) mass is 269 g/mol. The van der Waals surface area contributed by atoms with Crippen LogP contribution in [0.15, 0.2) is 54.6 Å². The molecule has 4 nitrogen and oxygen atoms in total. The molecule has 1 aliphatic heterocycles. The van der Waals surface area contributed by atoms with Gasteiger partial charge in [0.2, 0.25) is 5.91 Å². The zero-order chi connectivity index (χ0) is 14.2. The molecule has 1 fully saturated rings. The van der Waals surface area contributed by atoms with Gasteiger partial charge in [0.25, 0.3) is 0 Å². The van der Waals surface area contributed by atoms with Gasteiger partial charge in [-0.05, 0) is 36.8 Å². The summed E-state index contributed by atoms with van der Waals surface area (Å²) in [6.45, 7) is 1.90. The van der Waals surface area contributed by atoms with Crippen LogP contribution in [0, 0.1) is 0 Å². The summed E-state index contributed by atoms with van der Waals surface area (Å²) >= 11 is 0. The average molecular weight is 269 g/mol. The van der Waals surface area contributed by atoms with Crippen LogP contribution >= 0.6 is 0 Å². The van der Waals surface area contributed by atoms with E-state index in [1.54, 1.807) is 12.2 Å². The van der Waals surface area contributed by atoms with Crippen molar-refractivity contribution in [3.8, 4) is 0 Å².